The summed E-state index contributed by atoms with van der Waals surface area (Å²) in [5.74, 6) is -1.30. The number of halogens is 1. The van der Waals surface area contributed by atoms with Crippen LogP contribution in [0.5, 0.6) is 0 Å². The average Bonchev–Trinajstić information content (AvgIpc) is 2.89. The first-order valence-corrected chi connectivity index (χ1v) is 18.7. The maximum absolute atomic E-state index is 12.6. The Morgan fingerprint density at radius 1 is 0.766 bits per heavy atom. The number of aryl methyl sites for hydroxylation is 6. The van der Waals surface area contributed by atoms with Crippen molar-refractivity contribution in [2.45, 2.75) is 77.7 Å². The maximum Gasteiger partial charge on any atom is 0.329 e. The number of likely N-dealkylation sites (N-methyl/N-ethyl adjacent to an activating group) is 2. The number of ether oxygens (including phenoxy) is 2. The van der Waals surface area contributed by atoms with Crippen LogP contribution in [0, 0.1) is 41.5 Å². The van der Waals surface area contributed by atoms with Gasteiger partial charge >= 0.3 is 11.9 Å². The topological polar surface area (TPSA) is 168 Å². The summed E-state index contributed by atoms with van der Waals surface area (Å²) in [5.41, 5.74) is 4.58. The third kappa shape index (κ3) is 15.1. The molecule has 0 amide bonds. The second kappa shape index (κ2) is 19.6. The van der Waals surface area contributed by atoms with Gasteiger partial charge in [-0.25, -0.2) is 21.6 Å². The first kappa shape index (κ1) is 44.6. The van der Waals surface area contributed by atoms with Gasteiger partial charge in [-0.05, 0) is 84.6 Å². The maximum atomic E-state index is 12.6. The fraction of sp³-hybridized carbons (Fsp3) is 0.562. The van der Waals surface area contributed by atoms with Crippen LogP contribution in [0.25, 0.3) is 0 Å². The zero-order chi connectivity index (χ0) is 36.9. The van der Waals surface area contributed by atoms with E-state index < -0.39 is 32.6 Å². The molecule has 2 aromatic rings. The summed E-state index contributed by atoms with van der Waals surface area (Å²) in [6.45, 7) is 16.1. The van der Waals surface area contributed by atoms with Gasteiger partial charge in [0, 0.05) is 27.2 Å². The molecule has 12 nitrogen and oxygen atoms in total. The summed E-state index contributed by atoms with van der Waals surface area (Å²) in [5, 5.41) is 17.6. The van der Waals surface area contributed by atoms with Crippen LogP contribution in [0.3, 0.4) is 0 Å². The number of hydrogen-bond donors (Lipinski definition) is 2. The number of rotatable bonds is 12. The van der Waals surface area contributed by atoms with Crippen LogP contribution in [0.15, 0.2) is 34.1 Å². The van der Waals surface area contributed by atoms with Crippen LogP contribution >= 0.6 is 15.9 Å². The van der Waals surface area contributed by atoms with E-state index in [-0.39, 0.29) is 43.2 Å². The van der Waals surface area contributed by atoms with Gasteiger partial charge in [-0.2, -0.15) is 8.61 Å². The Labute approximate surface area is 289 Å². The SMILES string of the molecule is CC(C)(C)OC(=O)CBr.Cc1cc(C)c(S(=O)(=O)N(C)CCO)c(C)c1.Cc1cc(C)c(S(=O)(=O)N(C)CCOCC(=O)O)c(C)c1. The number of aliphatic carboxylic acids is 1. The predicted molar refractivity (Wildman–Crippen MR) is 186 cm³/mol. The summed E-state index contributed by atoms with van der Waals surface area (Å²) in [4.78, 5) is 21.5. The molecule has 0 heterocycles. The average molecular weight is 768 g/mol. The van der Waals surface area contributed by atoms with E-state index in [0.29, 0.717) is 20.9 Å². The quantitative estimate of drug-likeness (QED) is 0.181. The Kier molecular flexibility index (Phi) is 18.6. The monoisotopic (exact) mass is 766 g/mol. The molecular formula is C32H51BrN2O10S2. The van der Waals surface area contributed by atoms with Gasteiger partial charge in [-0.1, -0.05) is 51.3 Å². The zero-order valence-corrected chi connectivity index (χ0v) is 32.5. The molecule has 0 aromatic heterocycles. The Balaban J connectivity index is 0.000000729. The molecule has 0 spiro atoms. The Bertz CT molecular complexity index is 1520. The van der Waals surface area contributed by atoms with Crippen molar-refractivity contribution in [3.63, 3.8) is 0 Å². The van der Waals surface area contributed by atoms with E-state index in [1.54, 1.807) is 27.7 Å². The molecule has 0 aliphatic carbocycles. The molecule has 0 fully saturated rings. The molecule has 15 heteroatoms. The number of esters is 1. The van der Waals surface area contributed by atoms with Gasteiger partial charge in [0.1, 0.15) is 17.5 Å². The number of sulfonamides is 2. The number of carbonyl (C=O) groups excluding carboxylic acids is 1. The van der Waals surface area contributed by atoms with Crippen LogP contribution < -0.4 is 0 Å². The lowest BCUT2D eigenvalue weighted by Crippen LogP contribution is -2.31. The van der Waals surface area contributed by atoms with Crippen LogP contribution in [0.1, 0.15) is 54.2 Å². The minimum atomic E-state index is -3.61. The van der Waals surface area contributed by atoms with Crippen LogP contribution in [0.4, 0.5) is 0 Å². The third-order valence-electron chi connectivity index (χ3n) is 6.27. The first-order valence-electron chi connectivity index (χ1n) is 14.7. The largest absolute Gasteiger partial charge is 0.480 e. The molecule has 0 aliphatic rings. The number of aliphatic hydroxyl groups excluding tert-OH is 1. The van der Waals surface area contributed by atoms with Gasteiger partial charge in [0.2, 0.25) is 20.0 Å². The van der Waals surface area contributed by atoms with E-state index in [1.807, 2.05) is 58.9 Å². The van der Waals surface area contributed by atoms with E-state index in [9.17, 15) is 26.4 Å². The molecule has 2 aromatic carbocycles. The Morgan fingerprint density at radius 2 is 1.13 bits per heavy atom. The molecule has 268 valence electrons. The molecule has 47 heavy (non-hydrogen) atoms. The second-order valence-electron chi connectivity index (χ2n) is 12.0. The minimum Gasteiger partial charge on any atom is -0.480 e. The molecule has 0 radical (unpaired) electrons. The lowest BCUT2D eigenvalue weighted by atomic mass is 10.1. The fourth-order valence-corrected chi connectivity index (χ4v) is 7.80. The zero-order valence-electron chi connectivity index (χ0n) is 29.3. The third-order valence-corrected chi connectivity index (χ3v) is 11.0. The molecule has 0 atom stereocenters. The standard InChI is InChI=1S/C14H21NO5S.C12H19NO3S.C6H11BrO2/c1-10-7-11(2)14(12(3)8-10)21(18,19)15(4)5-6-20-9-13(16)17;1-9-7-10(2)12(11(3)8-9)17(15,16)13(4)5-6-14;1-6(2,3)9-5(8)4-7/h7-8H,5-6,9H2,1-4H3,(H,16,17);7-8,14H,5-6H2,1-4H3;4H2,1-3H3. The van der Waals surface area contributed by atoms with Gasteiger partial charge in [-0.3, -0.25) is 4.79 Å². The Hall–Kier alpha value is -2.40. The van der Waals surface area contributed by atoms with E-state index in [4.69, 9.17) is 19.7 Å². The molecule has 2 N–H and O–H groups in total. The molecule has 0 saturated heterocycles. The number of benzene rings is 2. The fourth-order valence-electron chi connectivity index (χ4n) is 4.56. The highest BCUT2D eigenvalue weighted by molar-refractivity contribution is 9.09. The van der Waals surface area contributed by atoms with Gasteiger partial charge in [0.15, 0.2) is 0 Å². The lowest BCUT2D eigenvalue weighted by molar-refractivity contribution is -0.151. The lowest BCUT2D eigenvalue weighted by Gasteiger charge is -2.20. The van der Waals surface area contributed by atoms with Crippen LogP contribution in [-0.2, 0) is 39.1 Å². The smallest absolute Gasteiger partial charge is 0.329 e. The molecule has 0 saturated carbocycles. The highest BCUT2D eigenvalue weighted by atomic mass is 79.9. The van der Waals surface area contributed by atoms with Gasteiger partial charge in [0.05, 0.1) is 23.0 Å². The number of nitrogens with zero attached hydrogens (tertiary/aromatic N) is 2. The second-order valence-corrected chi connectivity index (χ2v) is 16.5. The van der Waals surface area contributed by atoms with Gasteiger partial charge < -0.3 is 19.7 Å². The van der Waals surface area contributed by atoms with Gasteiger partial charge in [0.25, 0.3) is 0 Å². The van der Waals surface area contributed by atoms with Crippen molar-refractivity contribution >= 4 is 47.9 Å². The summed E-state index contributed by atoms with van der Waals surface area (Å²) < 4.78 is 61.8. The van der Waals surface area contributed by atoms with Crippen LogP contribution in [0.2, 0.25) is 0 Å². The van der Waals surface area contributed by atoms with Crippen molar-refractivity contribution in [1.29, 1.82) is 0 Å². The van der Waals surface area contributed by atoms with E-state index in [1.165, 1.54) is 22.7 Å². The normalized spacial score (nSPS) is 11.8. The summed E-state index contributed by atoms with van der Waals surface area (Å²) in [6.07, 6.45) is 0. The summed E-state index contributed by atoms with van der Waals surface area (Å²) in [6, 6.07) is 7.36. The molecular weight excluding hydrogens is 716 g/mol. The van der Waals surface area contributed by atoms with Crippen molar-refractivity contribution in [1.82, 2.24) is 8.61 Å². The van der Waals surface area contributed by atoms with Crippen molar-refractivity contribution < 1.29 is 46.1 Å². The number of alkyl halides is 1. The van der Waals surface area contributed by atoms with E-state index in [0.717, 1.165) is 22.3 Å². The molecule has 0 aliphatic heterocycles. The highest BCUT2D eigenvalue weighted by Gasteiger charge is 2.26. The van der Waals surface area contributed by atoms with Crippen molar-refractivity contribution in [3.05, 3.63) is 57.6 Å². The van der Waals surface area contributed by atoms with Crippen molar-refractivity contribution in [3.8, 4) is 0 Å². The summed E-state index contributed by atoms with van der Waals surface area (Å²) >= 11 is 2.99. The molecule has 0 unspecified atom stereocenters. The Morgan fingerprint density at radius 3 is 1.40 bits per heavy atom. The van der Waals surface area contributed by atoms with Crippen molar-refractivity contribution in [2.75, 3.05) is 52.3 Å². The van der Waals surface area contributed by atoms with E-state index in [2.05, 4.69) is 15.9 Å². The molecule has 2 rings (SSSR count). The van der Waals surface area contributed by atoms with Crippen LogP contribution in [-0.4, -0.2) is 106 Å². The number of hydrogen-bond acceptors (Lipinski definition) is 9. The number of carboxylic acid groups (broad SMARTS) is 1. The number of aliphatic hydroxyl groups is 1. The first-order chi connectivity index (χ1) is 21.4. The van der Waals surface area contributed by atoms with Gasteiger partial charge in [-0.15, -0.1) is 0 Å². The predicted octanol–water partition coefficient (Wildman–Crippen LogP) is 4.28. The number of carboxylic acids is 1. The summed E-state index contributed by atoms with van der Waals surface area (Å²) in [7, 11) is -4.18. The minimum absolute atomic E-state index is 0.0337. The molecule has 0 bridgehead atoms. The highest BCUT2D eigenvalue weighted by Crippen LogP contribution is 2.25. The number of carbonyl (C=O) groups is 2. The van der Waals surface area contributed by atoms with Crippen molar-refractivity contribution in [2.24, 2.45) is 0 Å². The van der Waals surface area contributed by atoms with E-state index >= 15 is 0 Å².